The van der Waals surface area contributed by atoms with Crippen molar-refractivity contribution in [2.45, 2.75) is 36.9 Å². The van der Waals surface area contributed by atoms with Crippen LogP contribution in [0.1, 0.15) is 11.1 Å². The third kappa shape index (κ3) is 6.27. The fraction of sp³-hybridized carbons (Fsp3) is 0.318. The van der Waals surface area contributed by atoms with Gasteiger partial charge in [-0.3, -0.25) is 4.68 Å². The van der Waals surface area contributed by atoms with E-state index in [0.717, 1.165) is 16.9 Å². The Bertz CT molecular complexity index is 1130. The van der Waals surface area contributed by atoms with Gasteiger partial charge in [0.1, 0.15) is 11.5 Å². The molecular weight excluding hydrogens is 475 g/mol. The second-order valence-electron chi connectivity index (χ2n) is 7.40. The average Bonchev–Trinajstić information content (AvgIpc) is 3.28. The van der Waals surface area contributed by atoms with Crippen LogP contribution in [0.3, 0.4) is 0 Å². The summed E-state index contributed by atoms with van der Waals surface area (Å²) in [5.74, 6) is 1.21. The molecule has 2 aromatic carbocycles. The summed E-state index contributed by atoms with van der Waals surface area (Å²) in [6.07, 6.45) is -6.43. The monoisotopic (exact) mass is 499 g/mol. The highest BCUT2D eigenvalue weighted by Gasteiger charge is 2.38. The molecule has 1 aromatic heterocycles. The van der Waals surface area contributed by atoms with Crippen LogP contribution in [0.4, 0.5) is 13.2 Å². The molecule has 0 aliphatic rings. The molecule has 0 spiro atoms. The zero-order valence-corrected chi connectivity index (χ0v) is 19.3. The maximum absolute atomic E-state index is 13.4. The van der Waals surface area contributed by atoms with E-state index < -0.39 is 33.9 Å². The molecule has 1 atom stereocenters. The maximum atomic E-state index is 13.4. The first-order valence-electron chi connectivity index (χ1n) is 10.1. The molecule has 184 valence electrons. The van der Waals surface area contributed by atoms with Crippen LogP contribution in [-0.2, 0) is 29.7 Å². The molecule has 1 N–H and O–H groups in total. The molecule has 1 unspecified atom stereocenters. The van der Waals surface area contributed by atoms with Crippen molar-refractivity contribution in [1.29, 1.82) is 0 Å². The van der Waals surface area contributed by atoms with E-state index in [2.05, 4.69) is 5.10 Å². The molecule has 0 fully saturated rings. The largest absolute Gasteiger partial charge is 0.497 e. The van der Waals surface area contributed by atoms with Crippen molar-refractivity contribution in [3.05, 3.63) is 71.9 Å². The summed E-state index contributed by atoms with van der Waals surface area (Å²) in [5.41, 5.74) is 1.34. The van der Waals surface area contributed by atoms with Crippen molar-refractivity contribution < 1.29 is 36.2 Å². The van der Waals surface area contributed by atoms with Crippen molar-refractivity contribution in [3.63, 3.8) is 0 Å². The van der Waals surface area contributed by atoms with Gasteiger partial charge in [-0.2, -0.15) is 22.6 Å². The van der Waals surface area contributed by atoms with Crippen molar-refractivity contribution in [2.75, 3.05) is 14.2 Å². The van der Waals surface area contributed by atoms with Gasteiger partial charge in [0.05, 0.1) is 20.8 Å². The molecule has 0 saturated heterocycles. The summed E-state index contributed by atoms with van der Waals surface area (Å²) >= 11 is 0. The molecule has 34 heavy (non-hydrogen) atoms. The molecule has 8 nitrogen and oxygen atoms in total. The number of nitrogens with zero attached hydrogens (tertiary/aromatic N) is 3. The summed E-state index contributed by atoms with van der Waals surface area (Å²) in [6.45, 7) is -0.956. The van der Waals surface area contributed by atoms with Gasteiger partial charge in [0.2, 0.25) is 0 Å². The lowest BCUT2D eigenvalue weighted by Gasteiger charge is -2.22. The Labute approximate surface area is 195 Å². The van der Waals surface area contributed by atoms with Crippen molar-refractivity contribution >= 4 is 10.0 Å². The minimum atomic E-state index is -4.85. The molecular formula is C22H24F3N3O5S. The van der Waals surface area contributed by atoms with Gasteiger partial charge < -0.3 is 14.6 Å². The number of benzene rings is 2. The lowest BCUT2D eigenvalue weighted by Crippen LogP contribution is -2.33. The van der Waals surface area contributed by atoms with E-state index in [0.29, 0.717) is 22.6 Å². The standard InChI is InChI=1S/C22H24F3N3O5S/c1-32-18-7-3-16(4-8-18)13-28(14-17-5-9-19(33-2)10-6-17)34(30,31)21-11-12-27(26-21)15-20(29)22(23,24)25/h3-12,20,29H,13-15H2,1-2H3. The number of aliphatic hydroxyl groups excluding tert-OH is 1. The molecule has 0 amide bonds. The van der Waals surface area contributed by atoms with E-state index in [1.165, 1.54) is 18.5 Å². The van der Waals surface area contributed by atoms with E-state index in [-0.39, 0.29) is 13.1 Å². The molecule has 0 aliphatic heterocycles. The minimum Gasteiger partial charge on any atom is -0.497 e. The molecule has 0 radical (unpaired) electrons. The van der Waals surface area contributed by atoms with Gasteiger partial charge in [-0.05, 0) is 41.5 Å². The van der Waals surface area contributed by atoms with E-state index in [1.54, 1.807) is 48.5 Å². The molecule has 0 aliphatic carbocycles. The predicted octanol–water partition coefficient (Wildman–Crippen LogP) is 3.21. The first-order valence-corrected chi connectivity index (χ1v) is 11.5. The number of aromatic nitrogens is 2. The lowest BCUT2D eigenvalue weighted by molar-refractivity contribution is -0.208. The second kappa shape index (κ2) is 10.5. The highest BCUT2D eigenvalue weighted by Crippen LogP contribution is 2.24. The number of aliphatic hydroxyl groups is 1. The summed E-state index contributed by atoms with van der Waals surface area (Å²) in [6, 6.07) is 14.7. The number of ether oxygens (including phenoxy) is 2. The minimum absolute atomic E-state index is 0.0175. The predicted molar refractivity (Wildman–Crippen MR) is 117 cm³/mol. The van der Waals surface area contributed by atoms with Gasteiger partial charge in [0, 0.05) is 19.3 Å². The van der Waals surface area contributed by atoms with E-state index in [9.17, 15) is 26.7 Å². The molecule has 12 heteroatoms. The van der Waals surface area contributed by atoms with Gasteiger partial charge in [0.25, 0.3) is 10.0 Å². The van der Waals surface area contributed by atoms with Crippen molar-refractivity contribution in [3.8, 4) is 11.5 Å². The summed E-state index contributed by atoms with van der Waals surface area (Å²) in [5, 5.41) is 12.6. The van der Waals surface area contributed by atoms with Crippen LogP contribution in [-0.4, -0.2) is 54.1 Å². The number of hydrogen-bond donors (Lipinski definition) is 1. The number of halogens is 3. The van der Waals surface area contributed by atoms with Crippen LogP contribution < -0.4 is 9.47 Å². The Morgan fingerprint density at radius 2 is 1.41 bits per heavy atom. The van der Waals surface area contributed by atoms with Gasteiger partial charge in [0.15, 0.2) is 11.1 Å². The van der Waals surface area contributed by atoms with Gasteiger partial charge in [-0.25, -0.2) is 8.42 Å². The Morgan fingerprint density at radius 1 is 0.941 bits per heavy atom. The van der Waals surface area contributed by atoms with Crippen LogP contribution in [0.15, 0.2) is 65.8 Å². The Morgan fingerprint density at radius 3 is 1.82 bits per heavy atom. The zero-order valence-electron chi connectivity index (χ0n) is 18.4. The molecule has 3 aromatic rings. The van der Waals surface area contributed by atoms with Crippen LogP contribution in [0.5, 0.6) is 11.5 Å². The van der Waals surface area contributed by atoms with Crippen LogP contribution in [0.25, 0.3) is 0 Å². The molecule has 1 heterocycles. The van der Waals surface area contributed by atoms with Gasteiger partial charge >= 0.3 is 6.18 Å². The summed E-state index contributed by atoms with van der Waals surface area (Å²) < 4.78 is 77.0. The average molecular weight is 500 g/mol. The third-order valence-electron chi connectivity index (χ3n) is 4.99. The van der Waals surface area contributed by atoms with Crippen molar-refractivity contribution in [2.24, 2.45) is 0 Å². The summed E-state index contributed by atoms with van der Waals surface area (Å²) in [7, 11) is -1.17. The molecule has 3 rings (SSSR count). The topological polar surface area (TPSA) is 93.9 Å². The van der Waals surface area contributed by atoms with Crippen LogP contribution in [0.2, 0.25) is 0 Å². The van der Waals surface area contributed by atoms with Crippen LogP contribution >= 0.6 is 0 Å². The Balaban J connectivity index is 1.89. The highest BCUT2D eigenvalue weighted by molar-refractivity contribution is 7.89. The quantitative estimate of drug-likeness (QED) is 0.461. The van der Waals surface area contributed by atoms with E-state index >= 15 is 0 Å². The first-order chi connectivity index (χ1) is 16.0. The van der Waals surface area contributed by atoms with Gasteiger partial charge in [-0.1, -0.05) is 24.3 Å². The summed E-state index contributed by atoms with van der Waals surface area (Å²) in [4.78, 5) is 0. The van der Waals surface area contributed by atoms with Gasteiger partial charge in [-0.15, -0.1) is 0 Å². The number of sulfonamides is 1. The SMILES string of the molecule is COc1ccc(CN(Cc2ccc(OC)cc2)S(=O)(=O)c2ccn(CC(O)C(F)(F)F)n2)cc1. The fourth-order valence-electron chi connectivity index (χ4n) is 3.09. The first kappa shape index (κ1) is 25.5. The number of hydrogen-bond acceptors (Lipinski definition) is 6. The number of rotatable bonds is 10. The van der Waals surface area contributed by atoms with Crippen molar-refractivity contribution in [1.82, 2.24) is 14.1 Å². The molecule has 0 saturated carbocycles. The lowest BCUT2D eigenvalue weighted by atomic mass is 10.2. The second-order valence-corrected chi connectivity index (χ2v) is 9.29. The maximum Gasteiger partial charge on any atom is 0.416 e. The fourth-order valence-corrected chi connectivity index (χ4v) is 4.43. The highest BCUT2D eigenvalue weighted by atomic mass is 32.2. The van der Waals surface area contributed by atoms with E-state index in [1.807, 2.05) is 0 Å². The van der Waals surface area contributed by atoms with E-state index in [4.69, 9.17) is 9.47 Å². The Hall–Kier alpha value is -3.09. The Kier molecular flexibility index (Phi) is 7.85. The number of methoxy groups -OCH3 is 2. The zero-order chi connectivity index (χ0) is 24.9. The third-order valence-corrected chi connectivity index (χ3v) is 6.68. The molecule has 0 bridgehead atoms. The van der Waals surface area contributed by atoms with Crippen LogP contribution in [0, 0.1) is 0 Å². The normalized spacial score (nSPS) is 13.1. The number of alkyl halides is 3. The smallest absolute Gasteiger partial charge is 0.416 e.